The van der Waals surface area contributed by atoms with Crippen molar-refractivity contribution in [2.24, 2.45) is 0 Å². The number of hydrogen-bond acceptors (Lipinski definition) is 4. The number of aromatic amines is 1. The van der Waals surface area contributed by atoms with Gasteiger partial charge < -0.3 is 14.5 Å². The number of ketones is 1. The van der Waals surface area contributed by atoms with Gasteiger partial charge in [0.15, 0.2) is 13.2 Å². The molecule has 0 spiro atoms. The first kappa shape index (κ1) is 18.2. The summed E-state index contributed by atoms with van der Waals surface area (Å²) in [4.78, 5) is 27.3. The molecule has 26 heavy (non-hydrogen) atoms. The number of ether oxygens (including phenoxy) is 2. The number of nitrogens with one attached hydrogen (secondary N) is 1. The van der Waals surface area contributed by atoms with E-state index < -0.39 is 5.97 Å². The third-order valence-corrected chi connectivity index (χ3v) is 4.55. The molecule has 1 aromatic heterocycles. The van der Waals surface area contributed by atoms with Crippen molar-refractivity contribution in [2.45, 2.75) is 13.3 Å². The van der Waals surface area contributed by atoms with Crippen LogP contribution in [0.3, 0.4) is 0 Å². The van der Waals surface area contributed by atoms with Gasteiger partial charge in [0.05, 0.1) is 0 Å². The van der Waals surface area contributed by atoms with Crippen molar-refractivity contribution in [1.82, 2.24) is 4.98 Å². The van der Waals surface area contributed by atoms with Crippen molar-refractivity contribution in [2.75, 3.05) is 13.2 Å². The Hall–Kier alpha value is -2.60. The average Bonchev–Trinajstić information content (AvgIpc) is 3.10. The highest BCUT2D eigenvalue weighted by Gasteiger charge is 2.15. The van der Waals surface area contributed by atoms with Crippen LogP contribution in [0.5, 0.6) is 5.75 Å². The molecule has 0 amide bonds. The average molecular weight is 416 g/mol. The monoisotopic (exact) mass is 415 g/mol. The van der Waals surface area contributed by atoms with Crippen molar-refractivity contribution < 1.29 is 19.1 Å². The molecule has 0 unspecified atom stereocenters. The van der Waals surface area contributed by atoms with Crippen LogP contribution in [0.1, 0.15) is 22.8 Å². The van der Waals surface area contributed by atoms with Crippen LogP contribution in [-0.2, 0) is 16.0 Å². The summed E-state index contributed by atoms with van der Waals surface area (Å²) in [5.41, 5.74) is 2.61. The van der Waals surface area contributed by atoms with Crippen molar-refractivity contribution in [3.05, 3.63) is 64.3 Å². The maximum absolute atomic E-state index is 12.4. The molecule has 0 saturated carbocycles. The summed E-state index contributed by atoms with van der Waals surface area (Å²) in [6.07, 6.45) is 2.53. The number of aromatic nitrogens is 1. The molecule has 0 aliphatic heterocycles. The molecular weight excluding hydrogens is 398 g/mol. The fourth-order valence-corrected chi connectivity index (χ4v) is 2.95. The molecule has 5 nitrogen and oxygen atoms in total. The molecule has 6 heteroatoms. The van der Waals surface area contributed by atoms with Crippen LogP contribution in [0.4, 0.5) is 0 Å². The number of benzene rings is 2. The van der Waals surface area contributed by atoms with E-state index in [1.54, 1.807) is 18.3 Å². The smallest absolute Gasteiger partial charge is 0.344 e. The zero-order valence-corrected chi connectivity index (χ0v) is 15.8. The summed E-state index contributed by atoms with van der Waals surface area (Å²) in [6, 6.07) is 12.9. The Morgan fingerprint density at radius 3 is 2.58 bits per heavy atom. The number of carbonyl (C=O) groups excluding carboxylic acids is 2. The molecule has 3 aromatic rings. The van der Waals surface area contributed by atoms with Gasteiger partial charge in [-0.2, -0.15) is 0 Å². The van der Waals surface area contributed by atoms with Gasteiger partial charge in [-0.15, -0.1) is 0 Å². The Kier molecular flexibility index (Phi) is 5.73. The van der Waals surface area contributed by atoms with Gasteiger partial charge in [0.1, 0.15) is 5.75 Å². The molecule has 0 radical (unpaired) electrons. The molecule has 0 fully saturated rings. The summed E-state index contributed by atoms with van der Waals surface area (Å²) in [7, 11) is 0. The van der Waals surface area contributed by atoms with Gasteiger partial charge in [0, 0.05) is 27.1 Å². The molecule has 0 bridgehead atoms. The van der Waals surface area contributed by atoms with E-state index in [0.29, 0.717) is 11.3 Å². The lowest BCUT2D eigenvalue weighted by Crippen LogP contribution is -2.19. The van der Waals surface area contributed by atoms with Gasteiger partial charge in [0.25, 0.3) is 0 Å². The maximum atomic E-state index is 12.4. The summed E-state index contributed by atoms with van der Waals surface area (Å²) in [5, 5.41) is 0.844. The zero-order chi connectivity index (χ0) is 18.5. The van der Waals surface area contributed by atoms with E-state index in [9.17, 15) is 9.59 Å². The predicted molar refractivity (Wildman–Crippen MR) is 103 cm³/mol. The topological polar surface area (TPSA) is 68.4 Å². The van der Waals surface area contributed by atoms with E-state index in [2.05, 4.69) is 27.8 Å². The van der Waals surface area contributed by atoms with E-state index >= 15 is 0 Å². The number of hydrogen-bond donors (Lipinski definition) is 1. The number of fused-ring (bicyclic) bond motifs is 1. The fraction of sp³-hybridized carbons (Fsp3) is 0.200. The number of para-hydroxylation sites is 1. The Morgan fingerprint density at radius 1 is 1.08 bits per heavy atom. The fourth-order valence-electron chi connectivity index (χ4n) is 2.68. The van der Waals surface area contributed by atoms with Crippen LogP contribution in [-0.4, -0.2) is 30.0 Å². The van der Waals surface area contributed by atoms with Crippen LogP contribution < -0.4 is 4.74 Å². The van der Waals surface area contributed by atoms with Gasteiger partial charge >= 0.3 is 5.97 Å². The highest BCUT2D eigenvalue weighted by molar-refractivity contribution is 9.10. The third-order valence-electron chi connectivity index (χ3n) is 4.02. The van der Waals surface area contributed by atoms with Crippen LogP contribution in [0.15, 0.2) is 53.1 Å². The van der Waals surface area contributed by atoms with E-state index in [0.717, 1.165) is 27.4 Å². The number of carbonyl (C=O) groups is 2. The number of aryl methyl sites for hydroxylation is 1. The lowest BCUT2D eigenvalue weighted by molar-refractivity contribution is -0.144. The molecule has 0 aliphatic carbocycles. The molecule has 2 aromatic carbocycles. The maximum Gasteiger partial charge on any atom is 0.344 e. The normalized spacial score (nSPS) is 10.7. The van der Waals surface area contributed by atoms with Crippen LogP contribution >= 0.6 is 15.9 Å². The van der Waals surface area contributed by atoms with Gasteiger partial charge in [-0.25, -0.2) is 4.79 Å². The molecule has 134 valence electrons. The summed E-state index contributed by atoms with van der Waals surface area (Å²) >= 11 is 3.32. The number of halogens is 1. The van der Waals surface area contributed by atoms with Crippen molar-refractivity contribution in [1.29, 1.82) is 0 Å². The number of H-pyrrole nitrogens is 1. The molecular formula is C20H18BrNO4. The standard InChI is InChI=1S/C20H18BrNO4/c1-2-13-4-3-5-16-17(10-22-20(13)16)18(23)11-26-19(24)12-25-15-8-6-14(21)7-9-15/h3-10,22H,2,11-12H2,1H3. The number of rotatable bonds is 7. The second-order valence-corrected chi connectivity index (χ2v) is 6.64. The van der Waals surface area contributed by atoms with E-state index in [1.807, 2.05) is 30.3 Å². The second kappa shape index (κ2) is 8.19. The first-order valence-corrected chi connectivity index (χ1v) is 9.04. The molecule has 0 saturated heterocycles. The first-order valence-electron chi connectivity index (χ1n) is 8.24. The SMILES string of the molecule is CCc1cccc2c(C(=O)COC(=O)COc3ccc(Br)cc3)c[nH]c12. The minimum Gasteiger partial charge on any atom is -0.482 e. The molecule has 3 rings (SSSR count). The van der Waals surface area contributed by atoms with Crippen molar-refractivity contribution in [3.8, 4) is 5.75 Å². The summed E-state index contributed by atoms with van der Waals surface area (Å²) in [5.74, 6) is -0.281. The third kappa shape index (κ3) is 4.14. The minimum atomic E-state index is -0.588. The molecule has 0 atom stereocenters. The zero-order valence-electron chi connectivity index (χ0n) is 14.3. The van der Waals surface area contributed by atoms with Gasteiger partial charge in [-0.1, -0.05) is 41.1 Å². The Balaban J connectivity index is 1.57. The van der Waals surface area contributed by atoms with E-state index in [1.165, 1.54) is 0 Å². The van der Waals surface area contributed by atoms with Crippen molar-refractivity contribution >= 4 is 38.6 Å². The van der Waals surface area contributed by atoms with E-state index in [4.69, 9.17) is 9.47 Å². The van der Waals surface area contributed by atoms with Crippen LogP contribution in [0, 0.1) is 0 Å². The molecule has 0 aliphatic rings. The molecule has 1 N–H and O–H groups in total. The Labute approximate surface area is 159 Å². The summed E-state index contributed by atoms with van der Waals surface area (Å²) < 4.78 is 11.3. The number of Topliss-reactive ketones (excluding diaryl/α,β-unsaturated/α-hetero) is 1. The van der Waals surface area contributed by atoms with Crippen LogP contribution in [0.25, 0.3) is 10.9 Å². The Morgan fingerprint density at radius 2 is 1.85 bits per heavy atom. The summed E-state index contributed by atoms with van der Waals surface area (Å²) in [6.45, 7) is 1.50. The van der Waals surface area contributed by atoms with Gasteiger partial charge in [-0.3, -0.25) is 4.79 Å². The van der Waals surface area contributed by atoms with Crippen molar-refractivity contribution in [3.63, 3.8) is 0 Å². The Bertz CT molecular complexity index is 931. The van der Waals surface area contributed by atoms with E-state index in [-0.39, 0.29) is 19.0 Å². The molecule has 1 heterocycles. The second-order valence-electron chi connectivity index (χ2n) is 5.72. The highest BCUT2D eigenvalue weighted by Crippen LogP contribution is 2.22. The van der Waals surface area contributed by atoms with Gasteiger partial charge in [-0.05, 0) is 36.2 Å². The largest absolute Gasteiger partial charge is 0.482 e. The number of esters is 1. The van der Waals surface area contributed by atoms with Crippen LogP contribution in [0.2, 0.25) is 0 Å². The quantitative estimate of drug-likeness (QED) is 0.461. The lowest BCUT2D eigenvalue weighted by atomic mass is 10.1. The predicted octanol–water partition coefficient (Wildman–Crippen LogP) is 4.30. The lowest BCUT2D eigenvalue weighted by Gasteiger charge is -2.07. The minimum absolute atomic E-state index is 0.247. The first-order chi connectivity index (χ1) is 12.6. The van der Waals surface area contributed by atoms with Gasteiger partial charge in [0.2, 0.25) is 5.78 Å². The highest BCUT2D eigenvalue weighted by atomic mass is 79.9.